The van der Waals surface area contributed by atoms with Gasteiger partial charge >= 0.3 is 6.03 Å². The monoisotopic (exact) mass is 614 g/mol. The lowest BCUT2D eigenvalue weighted by Crippen LogP contribution is -2.39. The highest BCUT2D eigenvalue weighted by Crippen LogP contribution is 2.39. The second kappa shape index (κ2) is 12.5. The van der Waals surface area contributed by atoms with Gasteiger partial charge in [0.15, 0.2) is 11.6 Å². The van der Waals surface area contributed by atoms with Gasteiger partial charge in [0.2, 0.25) is 0 Å². The SMILES string of the molecule is CN1C[C@H]2CC(N(C)C(=O)Nc3cc(Oc4ccc(NC(=O)c5cccn(-c6ccc(F)cc6)c5=O)cc4F)ccn3)C[C@H]2C1. The van der Waals surface area contributed by atoms with Crippen molar-refractivity contribution in [2.24, 2.45) is 11.8 Å². The number of likely N-dealkylation sites (tertiary alicyclic amines) is 1. The number of benzene rings is 2. The van der Waals surface area contributed by atoms with Crippen LogP contribution in [-0.4, -0.2) is 64.5 Å². The Labute approximate surface area is 258 Å². The zero-order valence-electron chi connectivity index (χ0n) is 24.7. The highest BCUT2D eigenvalue weighted by atomic mass is 19.1. The number of rotatable bonds is 7. The van der Waals surface area contributed by atoms with E-state index in [1.54, 1.807) is 11.9 Å². The van der Waals surface area contributed by atoms with Crippen LogP contribution in [0, 0.1) is 23.5 Å². The molecule has 45 heavy (non-hydrogen) atoms. The van der Waals surface area contributed by atoms with E-state index in [4.69, 9.17) is 4.74 Å². The largest absolute Gasteiger partial charge is 0.454 e. The van der Waals surface area contributed by atoms with Crippen LogP contribution >= 0.6 is 0 Å². The van der Waals surface area contributed by atoms with Gasteiger partial charge in [-0.2, -0.15) is 0 Å². The van der Waals surface area contributed by atoms with Gasteiger partial charge in [0, 0.05) is 62.1 Å². The van der Waals surface area contributed by atoms with Gasteiger partial charge < -0.3 is 19.9 Å². The molecule has 0 radical (unpaired) electrons. The molecule has 3 heterocycles. The van der Waals surface area contributed by atoms with E-state index in [9.17, 15) is 18.8 Å². The van der Waals surface area contributed by atoms with Crippen LogP contribution in [0.4, 0.5) is 25.1 Å². The highest BCUT2D eigenvalue weighted by Gasteiger charge is 2.41. The minimum absolute atomic E-state index is 0.106. The molecule has 2 N–H and O–H groups in total. The molecule has 12 heteroatoms. The number of nitrogens with one attached hydrogen (secondary N) is 2. The van der Waals surface area contributed by atoms with Crippen LogP contribution < -0.4 is 20.9 Å². The number of anilines is 2. The van der Waals surface area contributed by atoms with Gasteiger partial charge in [-0.3, -0.25) is 19.5 Å². The number of hydrogen-bond acceptors (Lipinski definition) is 6. The molecule has 0 bridgehead atoms. The summed E-state index contributed by atoms with van der Waals surface area (Å²) in [5.41, 5.74) is -0.302. The van der Waals surface area contributed by atoms with E-state index in [1.807, 2.05) is 0 Å². The zero-order chi connectivity index (χ0) is 31.7. The molecule has 2 fully saturated rings. The molecule has 0 spiro atoms. The van der Waals surface area contributed by atoms with Crippen LogP contribution in [0.1, 0.15) is 23.2 Å². The van der Waals surface area contributed by atoms with Crippen molar-refractivity contribution < 1.29 is 23.1 Å². The van der Waals surface area contributed by atoms with E-state index in [2.05, 4.69) is 27.6 Å². The van der Waals surface area contributed by atoms with Gasteiger partial charge in [-0.05, 0) is 86.3 Å². The number of carbonyl (C=O) groups excluding carboxylic acids is 2. The fourth-order valence-electron chi connectivity index (χ4n) is 6.18. The van der Waals surface area contributed by atoms with E-state index in [1.165, 1.54) is 77.6 Å². The number of pyridine rings is 2. The third kappa shape index (κ3) is 6.55. The number of hydrogen-bond donors (Lipinski definition) is 2. The van der Waals surface area contributed by atoms with Crippen molar-refractivity contribution in [3.63, 3.8) is 0 Å². The average Bonchev–Trinajstić information content (AvgIpc) is 3.56. The summed E-state index contributed by atoms with van der Waals surface area (Å²) in [4.78, 5) is 47.1. The Morgan fingerprint density at radius 3 is 2.42 bits per heavy atom. The van der Waals surface area contributed by atoms with Gasteiger partial charge in [-0.25, -0.2) is 18.6 Å². The molecule has 3 atom stereocenters. The standard InChI is InChI=1S/C33H32F2N6O4/c1-39-18-20-14-25(15-21(20)19-39)40(2)33(44)38-30-17-26(11-12-36-30)45-29-10-7-23(16-28(29)35)37-31(42)27-4-3-13-41(32(27)43)24-8-5-22(34)6-9-24/h3-13,16-17,20-21,25H,14-15,18-19H2,1-2H3,(H,37,42)(H,36,38,44)/t20-,21+,25?. The van der Waals surface area contributed by atoms with Crippen LogP contribution in [0.3, 0.4) is 0 Å². The first-order valence-corrected chi connectivity index (χ1v) is 14.6. The number of ether oxygens (including phenoxy) is 1. The maximum atomic E-state index is 15.0. The highest BCUT2D eigenvalue weighted by molar-refractivity contribution is 6.04. The van der Waals surface area contributed by atoms with Crippen molar-refractivity contribution in [1.82, 2.24) is 19.4 Å². The first kappa shape index (κ1) is 29.9. The maximum absolute atomic E-state index is 15.0. The van der Waals surface area contributed by atoms with Gasteiger partial charge in [0.25, 0.3) is 11.5 Å². The smallest absolute Gasteiger partial charge is 0.323 e. The molecule has 10 nitrogen and oxygen atoms in total. The lowest BCUT2D eigenvalue weighted by Gasteiger charge is -2.26. The number of urea groups is 1. The molecule has 3 amide bonds. The van der Waals surface area contributed by atoms with Crippen LogP contribution in [0.5, 0.6) is 11.5 Å². The first-order valence-electron chi connectivity index (χ1n) is 14.6. The van der Waals surface area contributed by atoms with E-state index in [-0.39, 0.29) is 40.6 Å². The Morgan fingerprint density at radius 2 is 1.71 bits per heavy atom. The predicted octanol–water partition coefficient (Wildman–Crippen LogP) is 5.36. The molecular formula is C33H32F2N6O4. The summed E-state index contributed by atoms with van der Waals surface area (Å²) in [6, 6.07) is 14.9. The van der Waals surface area contributed by atoms with E-state index in [0.29, 0.717) is 17.5 Å². The first-order chi connectivity index (χ1) is 21.6. The summed E-state index contributed by atoms with van der Waals surface area (Å²) in [5, 5.41) is 5.33. The number of halogens is 2. The predicted molar refractivity (Wildman–Crippen MR) is 165 cm³/mol. The molecule has 1 unspecified atom stereocenters. The summed E-state index contributed by atoms with van der Waals surface area (Å²) in [5.74, 6) is -0.327. The van der Waals surface area contributed by atoms with Gasteiger partial charge in [-0.1, -0.05) is 0 Å². The third-order valence-electron chi connectivity index (χ3n) is 8.46. The van der Waals surface area contributed by atoms with E-state index in [0.717, 1.165) is 32.0 Å². The number of carbonyl (C=O) groups is 2. The fourth-order valence-corrected chi connectivity index (χ4v) is 6.18. The van der Waals surface area contributed by atoms with Gasteiger partial charge in [-0.15, -0.1) is 0 Å². The molecule has 1 aliphatic carbocycles. The molecule has 4 aromatic rings. The number of aromatic nitrogens is 2. The van der Waals surface area contributed by atoms with E-state index >= 15 is 4.39 Å². The molecule has 2 aliphatic rings. The summed E-state index contributed by atoms with van der Waals surface area (Å²) >= 11 is 0. The molecule has 1 aliphatic heterocycles. The van der Waals surface area contributed by atoms with Crippen LogP contribution in [0.25, 0.3) is 5.69 Å². The van der Waals surface area contributed by atoms with E-state index < -0.39 is 23.1 Å². The molecule has 232 valence electrons. The van der Waals surface area contributed by atoms with Crippen LogP contribution in [-0.2, 0) is 0 Å². The molecule has 1 saturated carbocycles. The Morgan fingerprint density at radius 1 is 0.978 bits per heavy atom. The quantitative estimate of drug-likeness (QED) is 0.290. The maximum Gasteiger partial charge on any atom is 0.323 e. The Hall–Kier alpha value is -5.10. The third-order valence-corrected chi connectivity index (χ3v) is 8.46. The Kier molecular flexibility index (Phi) is 8.31. The Bertz CT molecular complexity index is 1780. The molecular weight excluding hydrogens is 582 g/mol. The van der Waals surface area contributed by atoms with Crippen molar-refractivity contribution in [1.29, 1.82) is 0 Å². The lowest BCUT2D eigenvalue weighted by atomic mass is 10.0. The number of nitrogens with zero attached hydrogens (tertiary/aromatic N) is 4. The second-order valence-electron chi connectivity index (χ2n) is 11.6. The second-order valence-corrected chi connectivity index (χ2v) is 11.6. The van der Waals surface area contributed by atoms with Crippen molar-refractivity contribution in [2.45, 2.75) is 18.9 Å². The summed E-state index contributed by atoms with van der Waals surface area (Å²) in [6.45, 7) is 2.13. The van der Waals surface area contributed by atoms with Crippen molar-refractivity contribution in [3.05, 3.63) is 107 Å². The molecule has 6 rings (SSSR count). The molecule has 2 aromatic heterocycles. The van der Waals surface area contributed by atoms with Crippen LogP contribution in [0.15, 0.2) is 83.9 Å². The van der Waals surface area contributed by atoms with Gasteiger partial charge in [0.1, 0.15) is 22.9 Å². The minimum Gasteiger partial charge on any atom is -0.454 e. The number of amides is 3. The topological polar surface area (TPSA) is 109 Å². The molecule has 2 aromatic carbocycles. The lowest BCUT2D eigenvalue weighted by molar-refractivity contribution is 0.102. The number of fused-ring (bicyclic) bond motifs is 1. The van der Waals surface area contributed by atoms with Crippen LogP contribution in [0.2, 0.25) is 0 Å². The average molecular weight is 615 g/mol. The van der Waals surface area contributed by atoms with Crippen molar-refractivity contribution in [3.8, 4) is 17.2 Å². The van der Waals surface area contributed by atoms with Crippen molar-refractivity contribution >= 4 is 23.4 Å². The minimum atomic E-state index is -0.760. The van der Waals surface area contributed by atoms with Gasteiger partial charge in [0.05, 0.1) is 0 Å². The fraction of sp³-hybridized carbons (Fsp3) is 0.273. The summed E-state index contributed by atoms with van der Waals surface area (Å²) in [6.07, 6.45) is 4.87. The van der Waals surface area contributed by atoms with Crippen molar-refractivity contribution in [2.75, 3.05) is 37.8 Å². The summed E-state index contributed by atoms with van der Waals surface area (Å²) in [7, 11) is 3.92. The molecule has 1 saturated heterocycles. The summed E-state index contributed by atoms with van der Waals surface area (Å²) < 4.78 is 35.3. The zero-order valence-corrected chi connectivity index (χ0v) is 24.7. The normalized spacial score (nSPS) is 19.2. The Balaban J connectivity index is 1.08.